The molecule has 2 unspecified atom stereocenters. The van der Waals surface area contributed by atoms with Crippen LogP contribution in [0.3, 0.4) is 0 Å². The molecule has 6 aromatic rings. The van der Waals surface area contributed by atoms with Crippen LogP contribution in [-0.2, 0) is 38.5 Å². The first-order valence-electron chi connectivity index (χ1n) is 30.3. The fourth-order valence-electron chi connectivity index (χ4n) is 9.46. The van der Waals surface area contributed by atoms with Crippen LogP contribution in [0.15, 0.2) is 109 Å². The van der Waals surface area contributed by atoms with Gasteiger partial charge in [0.2, 0.25) is 0 Å². The molecule has 0 saturated carbocycles. The van der Waals surface area contributed by atoms with Gasteiger partial charge < -0.3 is 31.9 Å². The van der Waals surface area contributed by atoms with Crippen molar-refractivity contribution in [3.05, 3.63) is 176 Å². The smallest absolute Gasteiger partial charge is 0.160 e. The minimum absolute atomic E-state index is 0.0753. The highest BCUT2D eigenvalue weighted by Crippen LogP contribution is 2.31. The Kier molecular flexibility index (Phi) is 16.4. The third-order valence-electron chi connectivity index (χ3n) is 14.3. The molecular weight excluding hydrogens is 877 g/mol. The minimum atomic E-state index is -0.141. The summed E-state index contributed by atoms with van der Waals surface area (Å²) in [5.74, 6) is 3.16. The van der Waals surface area contributed by atoms with Crippen LogP contribution in [0.1, 0.15) is 192 Å². The summed E-state index contributed by atoms with van der Waals surface area (Å²) in [6.45, 7) is 30.5. The number of hydrogen-bond donors (Lipinski definition) is 6. The van der Waals surface area contributed by atoms with Crippen molar-refractivity contribution in [3.63, 3.8) is 0 Å². The molecule has 0 amide bonds. The van der Waals surface area contributed by atoms with Crippen LogP contribution in [0, 0.1) is 0 Å². The molecule has 6 heterocycles. The number of aryl methyl sites for hydroxylation is 1. The largest absolute Gasteiger partial charge is 0.384 e. The summed E-state index contributed by atoms with van der Waals surface area (Å²) in [5, 5.41) is 17.8. The normalized spacial score (nSPS) is 17.9. The Bertz CT molecular complexity index is 2980. The summed E-state index contributed by atoms with van der Waals surface area (Å²) in [5.41, 5.74) is 22.1. The maximum Gasteiger partial charge on any atom is 0.160 e. The molecule has 6 aliphatic rings. The van der Waals surface area contributed by atoms with Crippen molar-refractivity contribution in [3.8, 4) is 0 Å². The molecular formula is C66H90N6. The first kappa shape index (κ1) is 45.9. The molecule has 0 spiro atoms. The van der Waals surface area contributed by atoms with Gasteiger partial charge in [0.25, 0.3) is 0 Å². The van der Waals surface area contributed by atoms with Crippen molar-refractivity contribution in [1.29, 1.82) is 0 Å². The van der Waals surface area contributed by atoms with Gasteiger partial charge in [-0.25, -0.2) is 0 Å². The third kappa shape index (κ3) is 14.6. The molecule has 72 heavy (non-hydrogen) atoms. The Morgan fingerprint density at radius 3 is 1.32 bits per heavy atom. The zero-order chi connectivity index (χ0) is 56.5. The monoisotopic (exact) mass is 979 g/mol. The van der Waals surface area contributed by atoms with Crippen molar-refractivity contribution >= 4 is 34.1 Å². The number of benzene rings is 6. The first-order chi connectivity index (χ1) is 37.1. The summed E-state index contributed by atoms with van der Waals surface area (Å²) in [6.07, 6.45) is 4.98. The van der Waals surface area contributed by atoms with Gasteiger partial charge in [0.15, 0.2) is 1.41 Å². The molecule has 6 aromatic carbocycles. The van der Waals surface area contributed by atoms with E-state index in [2.05, 4.69) is 189 Å². The lowest BCUT2D eigenvalue weighted by atomic mass is 10.00. The molecule has 12 rings (SSSR count). The molecule has 2 atom stereocenters. The maximum atomic E-state index is 8.02. The summed E-state index contributed by atoms with van der Waals surface area (Å²) in [4.78, 5) is 0. The van der Waals surface area contributed by atoms with Gasteiger partial charge >= 0.3 is 0 Å². The predicted octanol–water partition coefficient (Wildman–Crippen LogP) is 16.7. The Hall–Kier alpha value is -5.88. The van der Waals surface area contributed by atoms with Gasteiger partial charge in [0.05, 0.1) is 4.11 Å². The fourth-order valence-corrected chi connectivity index (χ4v) is 9.46. The van der Waals surface area contributed by atoms with E-state index >= 15 is 0 Å². The second-order valence-electron chi connectivity index (χ2n) is 21.8. The van der Waals surface area contributed by atoms with Gasteiger partial charge in [0.1, 0.15) is 0 Å². The number of nitrogens with one attached hydrogen (secondary N) is 6. The lowest BCUT2D eigenvalue weighted by Crippen LogP contribution is -1.90. The lowest BCUT2D eigenvalue weighted by molar-refractivity contribution is 0.864. The minimum Gasteiger partial charge on any atom is -0.384 e. The summed E-state index contributed by atoms with van der Waals surface area (Å²) in [7, 11) is 0. The highest BCUT2D eigenvalue weighted by atomic mass is 14.9. The SMILES string of the molecule is [3H]C1CNc2ccc(C(C)C)cc21.[3H]C1Cc2cc(C(C)C)ccc2N1.[3H]N1CCc2cc(C(C)C)ccc21.[3H]c1c(C(C)C)ccc2c1CCN2.[3H]c1cc(C(C)C)cc2c1NCC2.[3H]c1cc2c(cc1C(C)C)CCN2. The highest BCUT2D eigenvalue weighted by molar-refractivity contribution is 5.61. The standard InChI is InChI=1S/6C11H15N/c6*1-8(2)9-3-4-11-10(7-9)5-6-12-11/h6*3-4,7-8,12H,5-6H2,1-2H3/i7T;6T;5T;4T;3T;/hT. The van der Waals surface area contributed by atoms with E-state index in [1.54, 1.807) is 5.31 Å². The molecule has 384 valence electrons. The molecule has 6 N–H and O–H groups in total. The van der Waals surface area contributed by atoms with Crippen LogP contribution in [0.4, 0.5) is 34.1 Å². The zero-order valence-electron chi connectivity index (χ0n) is 51.8. The van der Waals surface area contributed by atoms with Crippen LogP contribution >= 0.6 is 0 Å². The van der Waals surface area contributed by atoms with E-state index in [1.807, 2.05) is 12.1 Å². The van der Waals surface area contributed by atoms with Crippen molar-refractivity contribution in [2.45, 2.75) is 157 Å². The second kappa shape index (κ2) is 25.7. The molecule has 0 fully saturated rings. The average Bonchev–Trinajstić information content (AvgIpc) is 4.29. The lowest BCUT2D eigenvalue weighted by Gasteiger charge is -2.07. The van der Waals surface area contributed by atoms with E-state index in [-0.39, 0.29) is 12.9 Å². The summed E-state index contributed by atoms with van der Waals surface area (Å²) < 4.78 is 46.7. The maximum absolute atomic E-state index is 8.02. The molecule has 6 nitrogen and oxygen atoms in total. The van der Waals surface area contributed by atoms with Gasteiger partial charge in [0, 0.05) is 76.1 Å². The van der Waals surface area contributed by atoms with Crippen LogP contribution < -0.4 is 31.9 Å². The predicted molar refractivity (Wildman–Crippen MR) is 316 cm³/mol. The van der Waals surface area contributed by atoms with Gasteiger partial charge in [-0.3, -0.25) is 0 Å². The van der Waals surface area contributed by atoms with E-state index < -0.39 is 0 Å². The Labute approximate surface area is 444 Å². The van der Waals surface area contributed by atoms with E-state index in [0.717, 1.165) is 111 Å². The van der Waals surface area contributed by atoms with E-state index in [9.17, 15) is 0 Å². The molecule has 0 bridgehead atoms. The third-order valence-corrected chi connectivity index (χ3v) is 14.3. The quantitative estimate of drug-likeness (QED) is 0.0999. The Balaban J connectivity index is 0.000000136. The van der Waals surface area contributed by atoms with Crippen molar-refractivity contribution in [1.82, 2.24) is 0 Å². The Morgan fingerprint density at radius 1 is 0.347 bits per heavy atom. The van der Waals surface area contributed by atoms with E-state index in [4.69, 9.17) is 8.27 Å². The van der Waals surface area contributed by atoms with Crippen molar-refractivity contribution in [2.75, 3.05) is 71.1 Å². The Morgan fingerprint density at radius 2 is 0.736 bits per heavy atom. The van der Waals surface area contributed by atoms with E-state index in [0.29, 0.717) is 47.6 Å². The molecule has 0 saturated heterocycles. The molecule has 0 aliphatic carbocycles. The highest BCUT2D eigenvalue weighted by Gasteiger charge is 2.15. The van der Waals surface area contributed by atoms with Crippen LogP contribution in [0.5, 0.6) is 0 Å². The van der Waals surface area contributed by atoms with Gasteiger partial charge in [-0.2, -0.15) is 0 Å². The number of rotatable bonds is 6. The molecule has 0 aromatic heterocycles. The van der Waals surface area contributed by atoms with Crippen molar-refractivity contribution in [2.24, 2.45) is 0 Å². The first-order valence-corrected chi connectivity index (χ1v) is 27.2. The average molecular weight is 980 g/mol. The zero-order valence-corrected chi connectivity index (χ0v) is 45.8. The van der Waals surface area contributed by atoms with Crippen molar-refractivity contribution < 1.29 is 8.27 Å². The van der Waals surface area contributed by atoms with Crippen LogP contribution in [0.25, 0.3) is 0 Å². The van der Waals surface area contributed by atoms with Crippen LogP contribution in [0.2, 0.25) is 1.41 Å². The van der Waals surface area contributed by atoms with Gasteiger partial charge in [-0.15, -0.1) is 0 Å². The van der Waals surface area contributed by atoms with E-state index in [1.165, 1.54) is 61.2 Å². The molecule has 6 aliphatic heterocycles. The fraction of sp³-hybridized carbons (Fsp3) is 0.455. The summed E-state index contributed by atoms with van der Waals surface area (Å²) in [6, 6.07) is 33.9. The van der Waals surface area contributed by atoms with Gasteiger partial charge in [-0.05, 0) is 177 Å². The van der Waals surface area contributed by atoms with Crippen LogP contribution in [-0.4, -0.2) is 39.2 Å². The molecule has 6 heteroatoms. The summed E-state index contributed by atoms with van der Waals surface area (Å²) >= 11 is 0. The second-order valence-corrected chi connectivity index (χ2v) is 21.8. The number of hydrogen-bond acceptors (Lipinski definition) is 6. The van der Waals surface area contributed by atoms with Gasteiger partial charge in [-0.1, -0.05) is 156 Å². The number of fused-ring (bicyclic) bond motifs is 6. The number of anilines is 6. The molecule has 0 radical (unpaired) electrons. The topological polar surface area (TPSA) is 72.2 Å².